The van der Waals surface area contributed by atoms with Crippen molar-refractivity contribution in [1.29, 1.82) is 0 Å². The molecule has 0 amide bonds. The monoisotopic (exact) mass is 313 g/mol. The van der Waals surface area contributed by atoms with E-state index in [1.807, 2.05) is 13.8 Å². The van der Waals surface area contributed by atoms with Crippen molar-refractivity contribution in [3.05, 3.63) is 21.0 Å². The van der Waals surface area contributed by atoms with Gasteiger partial charge in [0.25, 0.3) is 5.56 Å². The maximum atomic E-state index is 12.1. The first kappa shape index (κ1) is 13.6. The van der Waals surface area contributed by atoms with Crippen LogP contribution in [0.4, 0.5) is 5.69 Å². The van der Waals surface area contributed by atoms with Crippen molar-refractivity contribution < 1.29 is 0 Å². The Morgan fingerprint density at radius 1 is 1.50 bits per heavy atom. The second-order valence-electron chi connectivity index (χ2n) is 5.37. The molecular weight excluding hydrogens is 294 g/mol. The van der Waals surface area contributed by atoms with Crippen molar-refractivity contribution in [2.75, 3.05) is 5.32 Å². The molecule has 1 aromatic heterocycles. The molecule has 0 radical (unpaired) electrons. The second-order valence-corrected chi connectivity index (χ2v) is 6.17. The van der Waals surface area contributed by atoms with Gasteiger partial charge in [0.05, 0.1) is 17.9 Å². The average Bonchev–Trinajstić information content (AvgIpc) is 2.70. The molecule has 0 bridgehead atoms. The van der Waals surface area contributed by atoms with E-state index in [0.29, 0.717) is 16.4 Å². The number of rotatable bonds is 3. The van der Waals surface area contributed by atoms with Crippen LogP contribution in [-0.2, 0) is 0 Å². The Hall–Kier alpha value is -0.840. The SMILES string of the molecule is CC1CCCC1Nc1cnn(C(C)C)c(=O)c1Br. The van der Waals surface area contributed by atoms with Gasteiger partial charge in [0, 0.05) is 6.04 Å². The number of nitrogens with zero attached hydrogens (tertiary/aromatic N) is 2. The van der Waals surface area contributed by atoms with Crippen molar-refractivity contribution in [1.82, 2.24) is 9.78 Å². The lowest BCUT2D eigenvalue weighted by molar-refractivity contribution is 0.499. The van der Waals surface area contributed by atoms with Crippen LogP contribution < -0.4 is 10.9 Å². The summed E-state index contributed by atoms with van der Waals surface area (Å²) in [4.78, 5) is 12.1. The van der Waals surface area contributed by atoms with Gasteiger partial charge in [0.1, 0.15) is 4.47 Å². The van der Waals surface area contributed by atoms with Crippen LogP contribution in [0.1, 0.15) is 46.1 Å². The molecule has 1 fully saturated rings. The molecule has 2 rings (SSSR count). The Kier molecular flexibility index (Phi) is 4.10. The minimum absolute atomic E-state index is 0.0688. The summed E-state index contributed by atoms with van der Waals surface area (Å²) in [5.74, 6) is 0.657. The molecular formula is C13H20BrN3O. The third-order valence-electron chi connectivity index (χ3n) is 3.64. The van der Waals surface area contributed by atoms with Gasteiger partial charge in [-0.15, -0.1) is 0 Å². The molecule has 5 heteroatoms. The molecule has 1 aromatic rings. The van der Waals surface area contributed by atoms with Crippen LogP contribution >= 0.6 is 15.9 Å². The average molecular weight is 314 g/mol. The van der Waals surface area contributed by atoms with Crippen molar-refractivity contribution in [3.8, 4) is 0 Å². The number of halogens is 1. The van der Waals surface area contributed by atoms with E-state index in [-0.39, 0.29) is 11.6 Å². The Balaban J connectivity index is 2.24. The van der Waals surface area contributed by atoms with E-state index in [4.69, 9.17) is 0 Å². The molecule has 2 atom stereocenters. The lowest BCUT2D eigenvalue weighted by Crippen LogP contribution is -2.28. The van der Waals surface area contributed by atoms with Crippen LogP contribution in [0.25, 0.3) is 0 Å². The molecule has 2 unspecified atom stereocenters. The number of aromatic nitrogens is 2. The third-order valence-corrected chi connectivity index (χ3v) is 4.40. The zero-order valence-corrected chi connectivity index (χ0v) is 12.7. The van der Waals surface area contributed by atoms with E-state index in [1.54, 1.807) is 6.20 Å². The molecule has 0 aliphatic heterocycles. The van der Waals surface area contributed by atoms with E-state index >= 15 is 0 Å². The predicted octanol–water partition coefficient (Wildman–Crippen LogP) is 3.19. The fourth-order valence-electron chi connectivity index (χ4n) is 2.47. The quantitative estimate of drug-likeness (QED) is 0.932. The van der Waals surface area contributed by atoms with Gasteiger partial charge in [0.15, 0.2) is 0 Å². The molecule has 0 aromatic carbocycles. The summed E-state index contributed by atoms with van der Waals surface area (Å²) in [5, 5.41) is 7.66. The van der Waals surface area contributed by atoms with Crippen molar-refractivity contribution in [2.24, 2.45) is 5.92 Å². The molecule has 1 aliphatic rings. The smallest absolute Gasteiger partial charge is 0.283 e. The summed E-state index contributed by atoms with van der Waals surface area (Å²) >= 11 is 3.39. The zero-order chi connectivity index (χ0) is 13.3. The van der Waals surface area contributed by atoms with E-state index in [2.05, 4.69) is 33.3 Å². The highest BCUT2D eigenvalue weighted by molar-refractivity contribution is 9.10. The fourth-order valence-corrected chi connectivity index (χ4v) is 2.87. The van der Waals surface area contributed by atoms with Gasteiger partial charge < -0.3 is 5.32 Å². The molecule has 0 saturated heterocycles. The fraction of sp³-hybridized carbons (Fsp3) is 0.692. The lowest BCUT2D eigenvalue weighted by Gasteiger charge is -2.20. The van der Waals surface area contributed by atoms with Gasteiger partial charge >= 0.3 is 0 Å². The Morgan fingerprint density at radius 2 is 2.22 bits per heavy atom. The van der Waals surface area contributed by atoms with E-state index in [1.165, 1.54) is 23.9 Å². The normalized spacial score (nSPS) is 23.6. The van der Waals surface area contributed by atoms with Gasteiger partial charge in [0.2, 0.25) is 0 Å². The highest BCUT2D eigenvalue weighted by Gasteiger charge is 2.24. The first-order valence-corrected chi connectivity index (χ1v) is 7.34. The van der Waals surface area contributed by atoms with Crippen molar-refractivity contribution in [3.63, 3.8) is 0 Å². The summed E-state index contributed by atoms with van der Waals surface area (Å²) in [6.07, 6.45) is 5.43. The molecule has 1 aliphatic carbocycles. The summed E-state index contributed by atoms with van der Waals surface area (Å²) in [6.45, 7) is 6.15. The van der Waals surface area contributed by atoms with Gasteiger partial charge in [-0.3, -0.25) is 4.79 Å². The van der Waals surface area contributed by atoms with Gasteiger partial charge in [-0.2, -0.15) is 5.10 Å². The lowest BCUT2D eigenvalue weighted by atomic mass is 10.1. The predicted molar refractivity (Wildman–Crippen MR) is 77.0 cm³/mol. The number of nitrogens with one attached hydrogen (secondary N) is 1. The van der Waals surface area contributed by atoms with Gasteiger partial charge in [-0.25, -0.2) is 4.68 Å². The third kappa shape index (κ3) is 2.60. The van der Waals surface area contributed by atoms with Crippen LogP contribution in [0.2, 0.25) is 0 Å². The minimum Gasteiger partial charge on any atom is -0.380 e. The van der Waals surface area contributed by atoms with E-state index < -0.39 is 0 Å². The maximum Gasteiger partial charge on any atom is 0.283 e. The second kappa shape index (κ2) is 5.43. The number of hydrogen-bond donors (Lipinski definition) is 1. The largest absolute Gasteiger partial charge is 0.380 e. The Labute approximate surface area is 116 Å². The highest BCUT2D eigenvalue weighted by atomic mass is 79.9. The highest BCUT2D eigenvalue weighted by Crippen LogP contribution is 2.29. The van der Waals surface area contributed by atoms with E-state index in [9.17, 15) is 4.79 Å². The van der Waals surface area contributed by atoms with Crippen LogP contribution in [0.3, 0.4) is 0 Å². The first-order chi connectivity index (χ1) is 8.50. The minimum atomic E-state index is -0.0688. The summed E-state index contributed by atoms with van der Waals surface area (Å²) in [5.41, 5.74) is 0.747. The Bertz CT molecular complexity index is 484. The van der Waals surface area contributed by atoms with E-state index in [0.717, 1.165) is 5.69 Å². The molecule has 4 nitrogen and oxygen atoms in total. The standard InChI is InChI=1S/C13H20BrN3O/c1-8(2)17-13(18)12(14)11(7-15-17)16-10-6-4-5-9(10)3/h7-10,16H,4-6H2,1-3H3. The van der Waals surface area contributed by atoms with Crippen LogP contribution in [0, 0.1) is 5.92 Å². The zero-order valence-electron chi connectivity index (χ0n) is 11.1. The Morgan fingerprint density at radius 3 is 2.78 bits per heavy atom. The maximum absolute atomic E-state index is 12.1. The van der Waals surface area contributed by atoms with Crippen LogP contribution in [0.5, 0.6) is 0 Å². The van der Waals surface area contributed by atoms with Crippen LogP contribution in [-0.4, -0.2) is 15.8 Å². The molecule has 0 spiro atoms. The topological polar surface area (TPSA) is 46.9 Å². The van der Waals surface area contributed by atoms with Crippen molar-refractivity contribution in [2.45, 2.75) is 52.1 Å². The first-order valence-electron chi connectivity index (χ1n) is 6.54. The summed E-state index contributed by atoms with van der Waals surface area (Å²) < 4.78 is 2.08. The molecule has 1 N–H and O–H groups in total. The van der Waals surface area contributed by atoms with Crippen LogP contribution in [0.15, 0.2) is 15.5 Å². The number of anilines is 1. The summed E-state index contributed by atoms with van der Waals surface area (Å²) in [7, 11) is 0. The molecule has 18 heavy (non-hydrogen) atoms. The van der Waals surface area contributed by atoms with Gasteiger partial charge in [-0.05, 0) is 48.5 Å². The summed E-state index contributed by atoms with van der Waals surface area (Å²) in [6, 6.07) is 0.533. The molecule has 100 valence electrons. The van der Waals surface area contributed by atoms with Crippen molar-refractivity contribution >= 4 is 21.6 Å². The molecule has 1 saturated carbocycles. The number of hydrogen-bond acceptors (Lipinski definition) is 3. The molecule has 1 heterocycles. The van der Waals surface area contributed by atoms with Gasteiger partial charge in [-0.1, -0.05) is 13.3 Å².